The highest BCUT2D eigenvalue weighted by Crippen LogP contribution is 2.30. The lowest BCUT2D eigenvalue weighted by molar-refractivity contribution is 0.102. The van der Waals surface area contributed by atoms with Crippen LogP contribution < -0.4 is 9.62 Å². The topological polar surface area (TPSA) is 91.6 Å². The predicted octanol–water partition coefficient (Wildman–Crippen LogP) is 6.75. The Labute approximate surface area is 254 Å². The largest absolute Gasteiger partial charge is 0.389 e. The van der Waals surface area contributed by atoms with E-state index in [9.17, 15) is 22.7 Å². The van der Waals surface area contributed by atoms with E-state index < -0.39 is 27.9 Å². The van der Waals surface area contributed by atoms with Crippen molar-refractivity contribution in [2.24, 2.45) is 0 Å². The predicted molar refractivity (Wildman–Crippen MR) is 172 cm³/mol. The van der Waals surface area contributed by atoms with Crippen LogP contribution in [-0.2, 0) is 16.6 Å². The van der Waals surface area contributed by atoms with E-state index in [0.29, 0.717) is 5.69 Å². The molecule has 6 aromatic rings. The van der Waals surface area contributed by atoms with Gasteiger partial charge in [-0.2, -0.15) is 0 Å². The number of sulfonamides is 1. The van der Waals surface area contributed by atoms with E-state index in [1.807, 2.05) is 60.0 Å². The van der Waals surface area contributed by atoms with Crippen molar-refractivity contribution in [1.82, 2.24) is 4.57 Å². The molecular formula is C35H30FN3O4S. The van der Waals surface area contributed by atoms with Crippen LogP contribution >= 0.6 is 0 Å². The average molecular weight is 608 g/mol. The number of carbonyl (C=O) groups is 1. The van der Waals surface area contributed by atoms with E-state index in [1.54, 1.807) is 30.3 Å². The fourth-order valence-corrected chi connectivity index (χ4v) is 6.87. The van der Waals surface area contributed by atoms with Gasteiger partial charge < -0.3 is 15.0 Å². The number of benzene rings is 5. The number of hydrogen-bond donors (Lipinski definition) is 2. The maximum absolute atomic E-state index is 14.1. The molecule has 0 saturated carbocycles. The highest BCUT2D eigenvalue weighted by atomic mass is 32.2. The van der Waals surface area contributed by atoms with Gasteiger partial charge in [-0.3, -0.25) is 9.10 Å². The van der Waals surface area contributed by atoms with Gasteiger partial charge >= 0.3 is 0 Å². The first kappa shape index (κ1) is 29.1. The van der Waals surface area contributed by atoms with Gasteiger partial charge in [0.15, 0.2) is 0 Å². The average Bonchev–Trinajstić information content (AvgIpc) is 3.34. The van der Waals surface area contributed by atoms with Crippen molar-refractivity contribution in [1.29, 1.82) is 0 Å². The second-order valence-corrected chi connectivity index (χ2v) is 12.5. The number of amides is 1. The molecule has 0 fully saturated rings. The molecule has 0 aliphatic heterocycles. The van der Waals surface area contributed by atoms with E-state index in [4.69, 9.17) is 0 Å². The lowest BCUT2D eigenvalue weighted by atomic mass is 10.1. The van der Waals surface area contributed by atoms with E-state index in [1.165, 1.54) is 42.5 Å². The molecule has 44 heavy (non-hydrogen) atoms. The third kappa shape index (κ3) is 5.79. The summed E-state index contributed by atoms with van der Waals surface area (Å²) in [5, 5.41) is 16.3. The minimum atomic E-state index is -4.15. The molecule has 1 unspecified atom stereocenters. The lowest BCUT2D eigenvalue weighted by Gasteiger charge is -2.28. The van der Waals surface area contributed by atoms with Gasteiger partial charge in [-0.1, -0.05) is 60.2 Å². The monoisotopic (exact) mass is 607 g/mol. The summed E-state index contributed by atoms with van der Waals surface area (Å²) in [4.78, 5) is 13.2. The number of aryl methyl sites for hydroxylation is 1. The fourth-order valence-electron chi connectivity index (χ4n) is 5.38. The number of aromatic nitrogens is 1. The number of hydrogen-bond acceptors (Lipinski definition) is 4. The maximum Gasteiger partial charge on any atom is 0.264 e. The molecule has 2 N–H and O–H groups in total. The molecule has 0 aliphatic rings. The van der Waals surface area contributed by atoms with Crippen molar-refractivity contribution in [2.45, 2.75) is 24.5 Å². The number of carbonyl (C=O) groups excluding carboxylic acids is 1. The molecule has 0 bridgehead atoms. The minimum Gasteiger partial charge on any atom is -0.389 e. The molecule has 1 amide bonds. The normalized spacial score (nSPS) is 12.3. The van der Waals surface area contributed by atoms with Crippen molar-refractivity contribution < 1.29 is 22.7 Å². The zero-order chi connectivity index (χ0) is 30.8. The minimum absolute atomic E-state index is 0.0633. The zero-order valence-corrected chi connectivity index (χ0v) is 24.7. The molecule has 1 heterocycles. The molecule has 1 atom stereocenters. The van der Waals surface area contributed by atoms with E-state index in [-0.39, 0.29) is 29.2 Å². The third-order valence-corrected chi connectivity index (χ3v) is 9.37. The summed E-state index contributed by atoms with van der Waals surface area (Å²) in [5.74, 6) is -0.918. The number of aliphatic hydroxyl groups excluding tert-OH is 1. The number of anilines is 2. The van der Waals surface area contributed by atoms with Crippen LogP contribution in [0.2, 0.25) is 0 Å². The molecule has 1 aromatic heterocycles. The molecular weight excluding hydrogens is 577 g/mol. The van der Waals surface area contributed by atoms with E-state index in [0.717, 1.165) is 31.7 Å². The lowest BCUT2D eigenvalue weighted by Crippen LogP contribution is -2.39. The van der Waals surface area contributed by atoms with E-state index >= 15 is 0 Å². The van der Waals surface area contributed by atoms with Crippen molar-refractivity contribution in [2.75, 3.05) is 16.2 Å². The van der Waals surface area contributed by atoms with E-state index in [2.05, 4.69) is 5.32 Å². The molecule has 0 radical (unpaired) electrons. The Bertz CT molecular complexity index is 2020. The Morgan fingerprint density at radius 1 is 0.841 bits per heavy atom. The quantitative estimate of drug-likeness (QED) is 0.190. The number of aliphatic hydroxyl groups is 1. The summed E-state index contributed by atoms with van der Waals surface area (Å²) in [6.45, 7) is 1.74. The first-order chi connectivity index (χ1) is 21.2. The van der Waals surface area contributed by atoms with Crippen LogP contribution in [0.3, 0.4) is 0 Å². The van der Waals surface area contributed by atoms with Crippen LogP contribution in [0.15, 0.2) is 126 Å². The smallest absolute Gasteiger partial charge is 0.264 e. The summed E-state index contributed by atoms with van der Waals surface area (Å²) in [6.07, 6.45) is -1.11. The summed E-state index contributed by atoms with van der Waals surface area (Å²) in [6, 6.07) is 33.9. The van der Waals surface area contributed by atoms with Crippen LogP contribution in [-0.4, -0.2) is 36.6 Å². The highest BCUT2D eigenvalue weighted by molar-refractivity contribution is 7.92. The Morgan fingerprint density at radius 3 is 2.09 bits per heavy atom. The maximum atomic E-state index is 14.1. The molecule has 222 valence electrons. The van der Waals surface area contributed by atoms with Crippen LogP contribution in [0.4, 0.5) is 15.8 Å². The van der Waals surface area contributed by atoms with Gasteiger partial charge in [0.1, 0.15) is 5.82 Å². The number of nitrogens with one attached hydrogen (secondary N) is 1. The second kappa shape index (κ2) is 11.9. The van der Waals surface area contributed by atoms with Gasteiger partial charge in [0.25, 0.3) is 15.9 Å². The molecule has 0 aliphatic carbocycles. The van der Waals surface area contributed by atoms with Gasteiger partial charge in [-0.05, 0) is 73.7 Å². The number of fused-ring (bicyclic) bond motifs is 3. The fraction of sp³-hybridized carbons (Fsp3) is 0.114. The highest BCUT2D eigenvalue weighted by Gasteiger charge is 2.28. The number of halogens is 1. The summed E-state index contributed by atoms with van der Waals surface area (Å²) >= 11 is 0. The number of para-hydroxylation sites is 2. The van der Waals surface area contributed by atoms with Gasteiger partial charge in [-0.15, -0.1) is 0 Å². The van der Waals surface area contributed by atoms with Crippen LogP contribution in [0.1, 0.15) is 15.9 Å². The Kier molecular flexibility index (Phi) is 7.90. The van der Waals surface area contributed by atoms with Gasteiger partial charge in [0.05, 0.1) is 29.8 Å². The number of rotatable bonds is 9. The first-order valence-corrected chi connectivity index (χ1v) is 15.5. The standard InChI is InChI=1S/C35H30FN3O4S/c1-24-13-19-30(20-14-24)44(42,43)39(28-8-6-7-25(21-28)35(41)37-27-17-15-26(36)16-18-27)23-29(40)22-38-33-11-4-2-9-31(33)32-10-3-5-12-34(32)38/h2-21,29,40H,22-23H2,1H3,(H,37,41). The molecule has 5 aromatic carbocycles. The van der Waals surface area contributed by atoms with Gasteiger partial charge in [0, 0.05) is 33.1 Å². The molecule has 9 heteroatoms. The van der Waals surface area contributed by atoms with Gasteiger partial charge in [-0.25, -0.2) is 12.8 Å². The SMILES string of the molecule is Cc1ccc(S(=O)(=O)N(CC(O)Cn2c3ccccc3c3ccccc32)c2cccc(C(=O)Nc3ccc(F)cc3)c2)cc1. The second-order valence-electron chi connectivity index (χ2n) is 10.7. The van der Waals surface area contributed by atoms with Crippen molar-refractivity contribution in [3.8, 4) is 0 Å². The first-order valence-electron chi connectivity index (χ1n) is 14.1. The number of nitrogens with zero attached hydrogens (tertiary/aromatic N) is 2. The van der Waals surface area contributed by atoms with Crippen LogP contribution in [0.25, 0.3) is 21.8 Å². The molecule has 7 nitrogen and oxygen atoms in total. The Morgan fingerprint density at radius 2 is 1.45 bits per heavy atom. The summed E-state index contributed by atoms with van der Waals surface area (Å²) in [7, 11) is -4.15. The van der Waals surface area contributed by atoms with Crippen molar-refractivity contribution in [3.05, 3.63) is 138 Å². The summed E-state index contributed by atoms with van der Waals surface area (Å²) < 4.78 is 44.7. The zero-order valence-electron chi connectivity index (χ0n) is 23.9. The third-order valence-electron chi connectivity index (χ3n) is 7.56. The molecule has 0 saturated heterocycles. The summed E-state index contributed by atoms with van der Waals surface area (Å²) in [5.41, 5.74) is 3.58. The molecule has 6 rings (SSSR count). The Balaban J connectivity index is 1.35. The Hall–Kier alpha value is -4.99. The van der Waals surface area contributed by atoms with Crippen molar-refractivity contribution >= 4 is 49.1 Å². The van der Waals surface area contributed by atoms with Crippen molar-refractivity contribution in [3.63, 3.8) is 0 Å². The van der Waals surface area contributed by atoms with Gasteiger partial charge in [0.2, 0.25) is 0 Å². The van der Waals surface area contributed by atoms with Crippen LogP contribution in [0.5, 0.6) is 0 Å². The molecule has 0 spiro atoms. The van der Waals surface area contributed by atoms with Crippen LogP contribution in [0, 0.1) is 12.7 Å².